The van der Waals surface area contributed by atoms with Gasteiger partial charge in [0.1, 0.15) is 17.7 Å². The zero-order valence-corrected chi connectivity index (χ0v) is 17.0. The van der Waals surface area contributed by atoms with E-state index in [0.717, 1.165) is 16.7 Å². The highest BCUT2D eigenvalue weighted by Gasteiger charge is 2.50. The smallest absolute Gasteiger partial charge is 0.164 e. The van der Waals surface area contributed by atoms with Crippen LogP contribution in [0.25, 0.3) is 11.0 Å². The van der Waals surface area contributed by atoms with Crippen LogP contribution >= 0.6 is 11.6 Å². The van der Waals surface area contributed by atoms with Crippen molar-refractivity contribution in [3.8, 4) is 0 Å². The van der Waals surface area contributed by atoms with E-state index >= 15 is 0 Å². The summed E-state index contributed by atoms with van der Waals surface area (Å²) in [6, 6.07) is 12.0. The first-order valence-corrected chi connectivity index (χ1v) is 10.0. The lowest BCUT2D eigenvalue weighted by molar-refractivity contribution is -0.148. The number of ether oxygens (including phenoxy) is 3. The number of hydrogen-bond donors (Lipinski definition) is 0. The maximum atomic E-state index is 6.26. The summed E-state index contributed by atoms with van der Waals surface area (Å²) < 4.78 is 20.5. The molecular formula is C22H22ClN3O3. The molecule has 0 bridgehead atoms. The molecule has 29 heavy (non-hydrogen) atoms. The molecule has 6 nitrogen and oxygen atoms in total. The third-order valence-electron chi connectivity index (χ3n) is 5.37. The van der Waals surface area contributed by atoms with E-state index in [1.807, 2.05) is 38.1 Å². The molecule has 1 aliphatic carbocycles. The van der Waals surface area contributed by atoms with Gasteiger partial charge in [-0.3, -0.25) is 0 Å². The third kappa shape index (κ3) is 3.46. The second-order valence-corrected chi connectivity index (χ2v) is 8.21. The number of pyridine rings is 1. The number of imidazole rings is 1. The number of halogens is 1. The van der Waals surface area contributed by atoms with Gasteiger partial charge in [-0.2, -0.15) is 0 Å². The molecule has 3 aromatic rings. The van der Waals surface area contributed by atoms with Gasteiger partial charge in [0.05, 0.1) is 31.1 Å². The van der Waals surface area contributed by atoms with Gasteiger partial charge in [0.15, 0.2) is 10.9 Å². The quantitative estimate of drug-likeness (QED) is 0.462. The summed E-state index contributed by atoms with van der Waals surface area (Å²) >= 11 is 6.21. The van der Waals surface area contributed by atoms with Crippen LogP contribution in [0.5, 0.6) is 0 Å². The molecule has 1 aliphatic heterocycles. The summed E-state index contributed by atoms with van der Waals surface area (Å²) in [4.78, 5) is 8.57. The summed E-state index contributed by atoms with van der Waals surface area (Å²) in [7, 11) is 0. The van der Waals surface area contributed by atoms with Crippen LogP contribution in [0.4, 0.5) is 0 Å². The van der Waals surface area contributed by atoms with E-state index in [1.165, 1.54) is 0 Å². The molecule has 0 spiro atoms. The van der Waals surface area contributed by atoms with Crippen LogP contribution in [0.2, 0.25) is 5.15 Å². The second-order valence-electron chi connectivity index (χ2n) is 7.85. The van der Waals surface area contributed by atoms with Crippen molar-refractivity contribution in [1.29, 1.82) is 0 Å². The molecule has 1 saturated heterocycles. The molecule has 0 saturated carbocycles. The third-order valence-corrected chi connectivity index (χ3v) is 5.64. The first-order valence-electron chi connectivity index (χ1n) is 9.67. The highest BCUT2D eigenvalue weighted by Crippen LogP contribution is 2.44. The maximum absolute atomic E-state index is 6.26. The van der Waals surface area contributed by atoms with E-state index in [-0.39, 0.29) is 18.2 Å². The van der Waals surface area contributed by atoms with Crippen LogP contribution in [-0.2, 0) is 20.8 Å². The van der Waals surface area contributed by atoms with Gasteiger partial charge in [-0.05, 0) is 31.1 Å². The fraction of sp³-hybridized carbons (Fsp3) is 0.364. The number of hydrogen-bond acceptors (Lipinski definition) is 5. The molecule has 0 amide bonds. The van der Waals surface area contributed by atoms with E-state index in [4.69, 9.17) is 25.8 Å². The van der Waals surface area contributed by atoms with Crippen molar-refractivity contribution in [2.24, 2.45) is 0 Å². The topological polar surface area (TPSA) is 58.4 Å². The Morgan fingerprint density at radius 1 is 1.10 bits per heavy atom. The molecule has 1 aromatic carbocycles. The fourth-order valence-electron chi connectivity index (χ4n) is 4.13. The Labute approximate surface area is 174 Å². The first-order chi connectivity index (χ1) is 14.0. The molecule has 7 heteroatoms. The van der Waals surface area contributed by atoms with Gasteiger partial charge in [0.25, 0.3) is 0 Å². The Balaban J connectivity index is 1.42. The van der Waals surface area contributed by atoms with Crippen molar-refractivity contribution < 1.29 is 14.2 Å². The lowest BCUT2D eigenvalue weighted by Crippen LogP contribution is -2.28. The Bertz CT molecular complexity index is 1060. The Morgan fingerprint density at radius 2 is 1.93 bits per heavy atom. The standard InChI is InChI=1S/C22H22ClN3O3/c1-22(2)28-19-15(12-27-11-14-6-4-3-5-7-14)10-17(20(19)29-22)26-13-25-18-16(26)8-9-24-21(18)23/h3-10,13,17,19-20H,11-12H2,1-2H3/t17-,19+,20-/m0/s1. The van der Waals surface area contributed by atoms with Gasteiger partial charge in [-0.1, -0.05) is 48.0 Å². The highest BCUT2D eigenvalue weighted by atomic mass is 35.5. The zero-order valence-electron chi connectivity index (χ0n) is 16.3. The van der Waals surface area contributed by atoms with Crippen molar-refractivity contribution in [2.45, 2.75) is 44.5 Å². The zero-order chi connectivity index (χ0) is 20.0. The van der Waals surface area contributed by atoms with Gasteiger partial charge >= 0.3 is 0 Å². The van der Waals surface area contributed by atoms with Crippen LogP contribution < -0.4 is 0 Å². The minimum absolute atomic E-state index is 0.0550. The summed E-state index contributed by atoms with van der Waals surface area (Å²) in [6.07, 6.45) is 5.35. The Hall–Kier alpha value is -2.25. The molecule has 0 N–H and O–H groups in total. The van der Waals surface area contributed by atoms with E-state index < -0.39 is 5.79 Å². The van der Waals surface area contributed by atoms with Crippen LogP contribution in [0.1, 0.15) is 25.5 Å². The highest BCUT2D eigenvalue weighted by molar-refractivity contribution is 6.33. The van der Waals surface area contributed by atoms with Crippen molar-refractivity contribution in [3.63, 3.8) is 0 Å². The largest absolute Gasteiger partial charge is 0.372 e. The van der Waals surface area contributed by atoms with Crippen molar-refractivity contribution in [3.05, 3.63) is 71.3 Å². The first kappa shape index (κ1) is 18.8. The summed E-state index contributed by atoms with van der Waals surface area (Å²) in [5, 5.41) is 0.398. The van der Waals surface area contributed by atoms with Gasteiger partial charge < -0.3 is 18.8 Å². The molecule has 150 valence electrons. The molecule has 3 heterocycles. The van der Waals surface area contributed by atoms with Gasteiger partial charge in [0, 0.05) is 6.20 Å². The monoisotopic (exact) mass is 411 g/mol. The number of fused-ring (bicyclic) bond motifs is 2. The summed E-state index contributed by atoms with van der Waals surface area (Å²) in [6.45, 7) is 4.93. The number of nitrogens with zero attached hydrogens (tertiary/aromatic N) is 3. The van der Waals surface area contributed by atoms with Crippen LogP contribution in [0, 0.1) is 0 Å². The minimum Gasteiger partial charge on any atom is -0.372 e. The Kier molecular flexibility index (Phi) is 4.67. The fourth-order valence-corrected chi connectivity index (χ4v) is 4.33. The van der Waals surface area contributed by atoms with Crippen LogP contribution in [-0.4, -0.2) is 39.1 Å². The van der Waals surface area contributed by atoms with Gasteiger partial charge in [0.2, 0.25) is 0 Å². The molecule has 0 unspecified atom stereocenters. The SMILES string of the molecule is CC1(C)O[C@@H]2[C@H](O1)C(COCc1ccccc1)=C[C@@H]2n1cnc2c(Cl)nccc21. The van der Waals surface area contributed by atoms with E-state index in [0.29, 0.717) is 23.9 Å². The van der Waals surface area contributed by atoms with Crippen LogP contribution in [0.15, 0.2) is 60.6 Å². The number of aromatic nitrogens is 3. The Morgan fingerprint density at radius 3 is 2.76 bits per heavy atom. The molecule has 2 aliphatic rings. The summed E-state index contributed by atoms with van der Waals surface area (Å²) in [5.74, 6) is -0.651. The number of rotatable bonds is 5. The average molecular weight is 412 g/mol. The molecule has 0 radical (unpaired) electrons. The molecule has 1 fully saturated rings. The molecule has 5 rings (SSSR count). The normalized spacial score (nSPS) is 25.3. The van der Waals surface area contributed by atoms with E-state index in [9.17, 15) is 0 Å². The van der Waals surface area contributed by atoms with Gasteiger partial charge in [-0.25, -0.2) is 9.97 Å². The predicted molar refractivity (Wildman–Crippen MR) is 110 cm³/mol. The lowest BCUT2D eigenvalue weighted by atomic mass is 10.1. The lowest BCUT2D eigenvalue weighted by Gasteiger charge is -2.22. The van der Waals surface area contributed by atoms with Gasteiger partial charge in [-0.15, -0.1) is 0 Å². The number of benzene rings is 1. The minimum atomic E-state index is -0.651. The second kappa shape index (κ2) is 7.22. The van der Waals surface area contributed by atoms with Crippen LogP contribution in [0.3, 0.4) is 0 Å². The molecule has 2 aromatic heterocycles. The maximum Gasteiger partial charge on any atom is 0.164 e. The van der Waals surface area contributed by atoms with Crippen molar-refractivity contribution in [1.82, 2.24) is 14.5 Å². The average Bonchev–Trinajstić information content (AvgIpc) is 3.35. The molecule has 3 atom stereocenters. The predicted octanol–water partition coefficient (Wildman–Crippen LogP) is 4.30. The summed E-state index contributed by atoms with van der Waals surface area (Å²) in [5.41, 5.74) is 3.84. The molecular weight excluding hydrogens is 390 g/mol. The van der Waals surface area contributed by atoms with E-state index in [1.54, 1.807) is 12.5 Å². The van der Waals surface area contributed by atoms with Crippen molar-refractivity contribution >= 4 is 22.6 Å². The van der Waals surface area contributed by atoms with Crippen molar-refractivity contribution in [2.75, 3.05) is 6.61 Å². The van der Waals surface area contributed by atoms with E-state index in [2.05, 4.69) is 32.7 Å².